The second kappa shape index (κ2) is 8.18. The molecule has 0 aromatic heterocycles. The number of nitrogens with zero attached hydrogens (tertiary/aromatic N) is 1. The Balaban J connectivity index is 2.70. The summed E-state index contributed by atoms with van der Waals surface area (Å²) in [7, 11) is 1.52. The molecule has 0 aliphatic rings. The molecule has 0 bridgehead atoms. The van der Waals surface area contributed by atoms with Crippen LogP contribution >= 0.6 is 0 Å². The first-order chi connectivity index (χ1) is 9.95. The van der Waals surface area contributed by atoms with Crippen molar-refractivity contribution in [1.29, 1.82) is 0 Å². The molecular weight excluding hydrogens is 280 g/mol. The SMILES string of the molecule is COCCNC(=O)COc1ccc([N+](=O)[O-])cc1[C@@H](C)O. The van der Waals surface area contributed by atoms with Crippen LogP contribution < -0.4 is 10.1 Å². The maximum atomic E-state index is 11.5. The van der Waals surface area contributed by atoms with E-state index in [-0.39, 0.29) is 29.5 Å². The monoisotopic (exact) mass is 298 g/mol. The first-order valence-electron chi connectivity index (χ1n) is 6.30. The number of aliphatic hydroxyl groups is 1. The van der Waals surface area contributed by atoms with Gasteiger partial charge in [0.2, 0.25) is 0 Å². The predicted molar refractivity (Wildman–Crippen MR) is 74.1 cm³/mol. The molecule has 8 nitrogen and oxygen atoms in total. The molecular formula is C13H18N2O6. The van der Waals surface area contributed by atoms with Crippen LogP contribution in [0.4, 0.5) is 5.69 Å². The summed E-state index contributed by atoms with van der Waals surface area (Å²) in [6, 6.07) is 3.84. The second-order valence-electron chi connectivity index (χ2n) is 4.29. The number of benzene rings is 1. The molecule has 0 aliphatic carbocycles. The molecule has 1 aromatic carbocycles. The summed E-state index contributed by atoms with van der Waals surface area (Å²) in [6.07, 6.45) is -0.948. The highest BCUT2D eigenvalue weighted by atomic mass is 16.6. The van der Waals surface area contributed by atoms with Crippen molar-refractivity contribution in [1.82, 2.24) is 5.32 Å². The molecule has 1 aromatic rings. The topological polar surface area (TPSA) is 111 Å². The van der Waals surface area contributed by atoms with Gasteiger partial charge >= 0.3 is 0 Å². The first-order valence-corrected chi connectivity index (χ1v) is 6.30. The molecule has 8 heteroatoms. The molecule has 0 saturated carbocycles. The molecule has 0 spiro atoms. The molecule has 0 radical (unpaired) electrons. The van der Waals surface area contributed by atoms with Gasteiger partial charge in [0.1, 0.15) is 5.75 Å². The van der Waals surface area contributed by atoms with Gasteiger partial charge in [-0.2, -0.15) is 0 Å². The number of nitro groups is 1. The third-order valence-corrected chi connectivity index (χ3v) is 2.64. The number of non-ortho nitro benzene ring substituents is 1. The van der Waals surface area contributed by atoms with E-state index >= 15 is 0 Å². The van der Waals surface area contributed by atoms with E-state index in [2.05, 4.69) is 5.32 Å². The highest BCUT2D eigenvalue weighted by Gasteiger charge is 2.16. The summed E-state index contributed by atoms with van der Waals surface area (Å²) >= 11 is 0. The van der Waals surface area contributed by atoms with E-state index in [1.54, 1.807) is 0 Å². The Hall–Kier alpha value is -2.19. The van der Waals surface area contributed by atoms with Gasteiger partial charge in [-0.1, -0.05) is 0 Å². The van der Waals surface area contributed by atoms with Gasteiger partial charge in [-0.3, -0.25) is 14.9 Å². The van der Waals surface area contributed by atoms with Gasteiger partial charge in [0.25, 0.3) is 11.6 Å². The van der Waals surface area contributed by atoms with Crippen molar-refractivity contribution in [3.63, 3.8) is 0 Å². The van der Waals surface area contributed by atoms with Crippen molar-refractivity contribution in [3.05, 3.63) is 33.9 Å². The third-order valence-electron chi connectivity index (χ3n) is 2.64. The lowest BCUT2D eigenvalue weighted by Gasteiger charge is -2.13. The number of hydrogen-bond acceptors (Lipinski definition) is 6. The summed E-state index contributed by atoms with van der Waals surface area (Å²) in [5.74, 6) is -0.112. The van der Waals surface area contributed by atoms with Crippen molar-refractivity contribution in [2.24, 2.45) is 0 Å². The van der Waals surface area contributed by atoms with E-state index in [1.807, 2.05) is 0 Å². The van der Waals surface area contributed by atoms with Gasteiger partial charge in [-0.15, -0.1) is 0 Å². The minimum Gasteiger partial charge on any atom is -0.483 e. The third kappa shape index (κ3) is 5.36. The Labute approximate surface area is 121 Å². The van der Waals surface area contributed by atoms with E-state index in [0.717, 1.165) is 0 Å². The number of carbonyl (C=O) groups is 1. The largest absolute Gasteiger partial charge is 0.483 e. The van der Waals surface area contributed by atoms with E-state index in [1.165, 1.54) is 32.2 Å². The zero-order valence-corrected chi connectivity index (χ0v) is 11.9. The number of amides is 1. The minimum atomic E-state index is -0.948. The zero-order chi connectivity index (χ0) is 15.8. The molecule has 0 saturated heterocycles. The maximum absolute atomic E-state index is 11.5. The smallest absolute Gasteiger partial charge is 0.270 e. The van der Waals surface area contributed by atoms with Gasteiger partial charge in [-0.05, 0) is 13.0 Å². The Bertz CT molecular complexity index is 503. The Morgan fingerprint density at radius 1 is 1.52 bits per heavy atom. The highest BCUT2D eigenvalue weighted by Crippen LogP contribution is 2.29. The summed E-state index contributed by atoms with van der Waals surface area (Å²) in [5, 5.41) is 22.9. The van der Waals surface area contributed by atoms with Crippen LogP contribution in [0.1, 0.15) is 18.6 Å². The lowest BCUT2D eigenvalue weighted by Crippen LogP contribution is -2.31. The Morgan fingerprint density at radius 2 is 2.24 bits per heavy atom. The van der Waals surface area contributed by atoms with Crippen molar-refractivity contribution in [2.45, 2.75) is 13.0 Å². The molecule has 1 amide bonds. The van der Waals surface area contributed by atoms with Crippen LogP contribution in [0.25, 0.3) is 0 Å². The molecule has 0 aliphatic heterocycles. The second-order valence-corrected chi connectivity index (χ2v) is 4.29. The van der Waals surface area contributed by atoms with Crippen LogP contribution in [0.5, 0.6) is 5.75 Å². The van der Waals surface area contributed by atoms with E-state index in [9.17, 15) is 20.0 Å². The van der Waals surface area contributed by atoms with Crippen LogP contribution in [0, 0.1) is 10.1 Å². The molecule has 1 rings (SSSR count). The number of nitro benzene ring substituents is 1. The van der Waals surface area contributed by atoms with Gasteiger partial charge in [0, 0.05) is 31.4 Å². The maximum Gasteiger partial charge on any atom is 0.270 e. The van der Waals surface area contributed by atoms with Gasteiger partial charge in [-0.25, -0.2) is 0 Å². The van der Waals surface area contributed by atoms with Gasteiger partial charge in [0.15, 0.2) is 6.61 Å². The van der Waals surface area contributed by atoms with Gasteiger partial charge in [0.05, 0.1) is 17.6 Å². The van der Waals surface area contributed by atoms with Crippen LogP contribution in [0.3, 0.4) is 0 Å². The number of rotatable bonds is 8. The molecule has 2 N–H and O–H groups in total. The number of aliphatic hydroxyl groups excluding tert-OH is 1. The van der Waals surface area contributed by atoms with E-state index in [4.69, 9.17) is 9.47 Å². The van der Waals surface area contributed by atoms with Crippen molar-refractivity contribution < 1.29 is 24.3 Å². The lowest BCUT2D eigenvalue weighted by atomic mass is 10.1. The van der Waals surface area contributed by atoms with Crippen molar-refractivity contribution in [3.8, 4) is 5.75 Å². The standard InChI is InChI=1S/C13H18N2O6/c1-9(16)11-7-10(15(18)19)3-4-12(11)21-8-13(17)14-5-6-20-2/h3-4,7,9,16H,5-6,8H2,1-2H3,(H,14,17)/t9-/m1/s1. The van der Waals surface area contributed by atoms with E-state index < -0.39 is 11.0 Å². The zero-order valence-electron chi connectivity index (χ0n) is 11.9. The fourth-order valence-electron chi connectivity index (χ4n) is 1.59. The summed E-state index contributed by atoms with van der Waals surface area (Å²) < 4.78 is 10.1. The average molecular weight is 298 g/mol. The molecule has 0 fully saturated rings. The van der Waals surface area contributed by atoms with Crippen LogP contribution in [-0.2, 0) is 9.53 Å². The lowest BCUT2D eigenvalue weighted by molar-refractivity contribution is -0.385. The quantitative estimate of drug-likeness (QED) is 0.417. The predicted octanol–water partition coefficient (Wildman–Crippen LogP) is 0.789. The fourth-order valence-corrected chi connectivity index (χ4v) is 1.59. The number of hydrogen-bond donors (Lipinski definition) is 2. The van der Waals surface area contributed by atoms with E-state index in [0.29, 0.717) is 13.2 Å². The number of carbonyl (C=O) groups excluding carboxylic acids is 1. The minimum absolute atomic E-state index is 0.150. The van der Waals surface area contributed by atoms with Crippen LogP contribution in [0.2, 0.25) is 0 Å². The molecule has 1 atom stereocenters. The molecule has 0 unspecified atom stereocenters. The summed E-state index contributed by atoms with van der Waals surface area (Å²) in [5.41, 5.74) is 0.108. The van der Waals surface area contributed by atoms with Crippen molar-refractivity contribution in [2.75, 3.05) is 26.9 Å². The Morgan fingerprint density at radius 3 is 2.81 bits per heavy atom. The van der Waals surface area contributed by atoms with Gasteiger partial charge < -0.3 is 19.9 Å². The average Bonchev–Trinajstić information content (AvgIpc) is 2.45. The normalized spacial score (nSPS) is 11.8. The van der Waals surface area contributed by atoms with Crippen LogP contribution in [0.15, 0.2) is 18.2 Å². The number of ether oxygens (including phenoxy) is 2. The molecule has 21 heavy (non-hydrogen) atoms. The van der Waals surface area contributed by atoms with Crippen molar-refractivity contribution >= 4 is 11.6 Å². The first kappa shape index (κ1) is 16.9. The number of nitrogens with one attached hydrogen (secondary N) is 1. The fraction of sp³-hybridized carbons (Fsp3) is 0.462. The number of methoxy groups -OCH3 is 1. The summed E-state index contributed by atoms with van der Waals surface area (Å²) in [4.78, 5) is 21.6. The molecule has 116 valence electrons. The Kier molecular flexibility index (Phi) is 6.57. The molecule has 0 heterocycles. The summed E-state index contributed by atoms with van der Waals surface area (Å²) in [6.45, 7) is 1.97. The highest BCUT2D eigenvalue weighted by molar-refractivity contribution is 5.77. The van der Waals surface area contributed by atoms with Crippen LogP contribution in [-0.4, -0.2) is 42.8 Å².